The summed E-state index contributed by atoms with van der Waals surface area (Å²) in [4.78, 5) is 38.2. The van der Waals surface area contributed by atoms with Gasteiger partial charge in [-0.25, -0.2) is 4.68 Å². The van der Waals surface area contributed by atoms with Gasteiger partial charge < -0.3 is 15.2 Å². The summed E-state index contributed by atoms with van der Waals surface area (Å²) in [5.41, 5.74) is 2.96. The number of aryl methyl sites for hydroxylation is 1. The molecule has 4 aromatic rings. The molecule has 0 aliphatic heterocycles. The van der Waals surface area contributed by atoms with E-state index < -0.39 is 0 Å². The molecule has 2 heterocycles. The van der Waals surface area contributed by atoms with Crippen LogP contribution in [0.1, 0.15) is 34.4 Å². The van der Waals surface area contributed by atoms with Crippen molar-refractivity contribution in [1.29, 1.82) is 0 Å². The Morgan fingerprint density at radius 3 is 2.38 bits per heavy atom. The summed E-state index contributed by atoms with van der Waals surface area (Å²) in [5, 5.41) is 14.6. The van der Waals surface area contributed by atoms with Crippen LogP contribution >= 0.6 is 11.8 Å². The second-order valence-electron chi connectivity index (χ2n) is 8.47. The molecule has 0 unspecified atom stereocenters. The van der Waals surface area contributed by atoms with E-state index in [9.17, 15) is 14.4 Å². The predicted octanol–water partition coefficient (Wildman–Crippen LogP) is 3.07. The smallest absolute Gasteiger partial charge is 0.295 e. The Balaban J connectivity index is 1.39. The minimum Gasteiger partial charge on any atom is -0.345 e. The van der Waals surface area contributed by atoms with Crippen molar-refractivity contribution in [2.45, 2.75) is 39.0 Å². The number of carbonyl (C=O) groups is 2. The minimum absolute atomic E-state index is 0.0486. The van der Waals surface area contributed by atoms with Crippen molar-refractivity contribution in [3.8, 4) is 5.69 Å². The normalized spacial score (nSPS) is 10.9. The van der Waals surface area contributed by atoms with Crippen LogP contribution in [0.4, 0.5) is 5.69 Å². The summed E-state index contributed by atoms with van der Waals surface area (Å²) in [6.45, 7) is 6.48. The maximum atomic E-state index is 13.0. The molecule has 0 aliphatic rings. The van der Waals surface area contributed by atoms with E-state index >= 15 is 0 Å². The molecule has 0 bridgehead atoms. The number of aromatic nitrogens is 5. The van der Waals surface area contributed by atoms with Crippen LogP contribution < -0.4 is 16.2 Å². The number of rotatable bonds is 9. The molecule has 37 heavy (non-hydrogen) atoms. The number of thioether (sulfide) groups is 1. The maximum Gasteiger partial charge on any atom is 0.295 e. The molecule has 0 saturated heterocycles. The van der Waals surface area contributed by atoms with Gasteiger partial charge in [0.1, 0.15) is 5.69 Å². The Labute approximate surface area is 218 Å². The topological polar surface area (TPSA) is 116 Å². The fourth-order valence-electron chi connectivity index (χ4n) is 3.86. The van der Waals surface area contributed by atoms with Gasteiger partial charge in [0.25, 0.3) is 11.5 Å². The average Bonchev–Trinajstić information content (AvgIpc) is 3.39. The van der Waals surface area contributed by atoms with Crippen molar-refractivity contribution >= 4 is 29.3 Å². The third kappa shape index (κ3) is 5.67. The number of nitrogens with zero attached hydrogens (tertiary/aromatic N) is 5. The van der Waals surface area contributed by atoms with Gasteiger partial charge in [-0.3, -0.25) is 19.1 Å². The summed E-state index contributed by atoms with van der Waals surface area (Å²) >= 11 is 1.22. The van der Waals surface area contributed by atoms with Crippen LogP contribution in [0.2, 0.25) is 0 Å². The lowest BCUT2D eigenvalue weighted by atomic mass is 10.1. The van der Waals surface area contributed by atoms with Gasteiger partial charge in [0.15, 0.2) is 11.0 Å². The van der Waals surface area contributed by atoms with Crippen LogP contribution in [0.3, 0.4) is 0 Å². The molecule has 0 spiro atoms. The summed E-state index contributed by atoms with van der Waals surface area (Å²) < 4.78 is 5.08. The number of anilines is 1. The standard InChI is InChI=1S/C26H29N7O3S/c1-5-32-21(15-27-24(35)19-13-11-17(2)12-14-19)29-30-26(32)37-16-22(34)28-23-18(3)31(4)33(25(23)36)20-9-7-6-8-10-20/h6-14H,5,15-16H2,1-4H3,(H,27,35)(H,28,34). The summed E-state index contributed by atoms with van der Waals surface area (Å²) in [6, 6.07) is 16.6. The van der Waals surface area contributed by atoms with E-state index in [1.807, 2.05) is 60.9 Å². The van der Waals surface area contributed by atoms with E-state index in [-0.39, 0.29) is 35.4 Å². The van der Waals surface area contributed by atoms with E-state index in [0.717, 1.165) is 5.56 Å². The molecular weight excluding hydrogens is 490 g/mol. The molecule has 0 radical (unpaired) electrons. The molecule has 4 rings (SSSR count). The number of amides is 2. The van der Waals surface area contributed by atoms with Crippen molar-refractivity contribution in [1.82, 2.24) is 29.4 Å². The molecule has 2 aromatic carbocycles. The monoisotopic (exact) mass is 519 g/mol. The zero-order valence-corrected chi connectivity index (χ0v) is 22.0. The van der Waals surface area contributed by atoms with Crippen LogP contribution in [0.5, 0.6) is 0 Å². The highest BCUT2D eigenvalue weighted by Gasteiger charge is 2.19. The first-order valence-corrected chi connectivity index (χ1v) is 12.8. The van der Waals surface area contributed by atoms with Crippen LogP contribution in [-0.4, -0.2) is 41.7 Å². The number of para-hydroxylation sites is 1. The van der Waals surface area contributed by atoms with Gasteiger partial charge in [-0.2, -0.15) is 0 Å². The van der Waals surface area contributed by atoms with E-state index in [4.69, 9.17) is 0 Å². The molecule has 0 atom stereocenters. The second-order valence-corrected chi connectivity index (χ2v) is 9.41. The molecule has 0 saturated carbocycles. The van der Waals surface area contributed by atoms with Gasteiger partial charge in [0, 0.05) is 19.2 Å². The Hall–Kier alpha value is -4.12. The SMILES string of the molecule is CCn1c(CNC(=O)c2ccc(C)cc2)nnc1SCC(=O)Nc1c(C)n(C)n(-c2ccccc2)c1=O. The molecule has 11 heteroatoms. The van der Waals surface area contributed by atoms with E-state index in [1.165, 1.54) is 16.4 Å². The van der Waals surface area contributed by atoms with Crippen molar-refractivity contribution < 1.29 is 9.59 Å². The minimum atomic E-state index is -0.323. The van der Waals surface area contributed by atoms with Crippen LogP contribution in [0.15, 0.2) is 64.5 Å². The average molecular weight is 520 g/mol. The van der Waals surface area contributed by atoms with E-state index in [0.29, 0.717) is 34.5 Å². The molecule has 192 valence electrons. The van der Waals surface area contributed by atoms with Crippen LogP contribution in [0.25, 0.3) is 5.69 Å². The first kappa shape index (κ1) is 26.0. The van der Waals surface area contributed by atoms with Crippen molar-refractivity contribution in [2.75, 3.05) is 11.1 Å². The van der Waals surface area contributed by atoms with Crippen LogP contribution in [0, 0.1) is 13.8 Å². The molecule has 10 nitrogen and oxygen atoms in total. The maximum absolute atomic E-state index is 13.0. The zero-order valence-electron chi connectivity index (χ0n) is 21.2. The Kier molecular flexibility index (Phi) is 7.92. The second kappa shape index (κ2) is 11.3. The lowest BCUT2D eigenvalue weighted by Crippen LogP contribution is -2.25. The van der Waals surface area contributed by atoms with Gasteiger partial charge in [0.05, 0.1) is 23.7 Å². The molecular formula is C26H29N7O3S. The molecule has 2 aromatic heterocycles. The number of benzene rings is 2. The lowest BCUT2D eigenvalue weighted by Gasteiger charge is -2.09. The molecule has 2 amide bonds. The largest absolute Gasteiger partial charge is 0.345 e. The van der Waals surface area contributed by atoms with Crippen LogP contribution in [-0.2, 0) is 24.9 Å². The number of hydrogen-bond donors (Lipinski definition) is 2. The summed E-state index contributed by atoms with van der Waals surface area (Å²) in [6.07, 6.45) is 0. The fraction of sp³-hybridized carbons (Fsp3) is 0.269. The quantitative estimate of drug-likeness (QED) is 0.329. The zero-order chi connectivity index (χ0) is 26.5. The van der Waals surface area contributed by atoms with Gasteiger partial charge in [-0.1, -0.05) is 47.7 Å². The highest BCUT2D eigenvalue weighted by molar-refractivity contribution is 7.99. The lowest BCUT2D eigenvalue weighted by molar-refractivity contribution is -0.113. The number of hydrogen-bond acceptors (Lipinski definition) is 6. The molecule has 0 fully saturated rings. The number of nitrogens with one attached hydrogen (secondary N) is 2. The predicted molar refractivity (Wildman–Crippen MR) is 143 cm³/mol. The third-order valence-electron chi connectivity index (χ3n) is 5.98. The van der Waals surface area contributed by atoms with Crippen molar-refractivity contribution in [2.24, 2.45) is 7.05 Å². The first-order valence-electron chi connectivity index (χ1n) is 11.8. The number of carbonyl (C=O) groups excluding carboxylic acids is 2. The van der Waals surface area contributed by atoms with E-state index in [2.05, 4.69) is 20.8 Å². The van der Waals surface area contributed by atoms with Crippen molar-refractivity contribution in [3.63, 3.8) is 0 Å². The Bertz CT molecular complexity index is 1470. The van der Waals surface area contributed by atoms with Gasteiger partial charge >= 0.3 is 0 Å². The third-order valence-corrected chi connectivity index (χ3v) is 6.95. The summed E-state index contributed by atoms with van der Waals surface area (Å²) in [5.74, 6) is 0.123. The molecule has 0 aliphatic carbocycles. The highest BCUT2D eigenvalue weighted by atomic mass is 32.2. The van der Waals surface area contributed by atoms with Crippen molar-refractivity contribution in [3.05, 3.63) is 87.6 Å². The van der Waals surface area contributed by atoms with Gasteiger partial charge in [-0.05, 0) is 45.0 Å². The van der Waals surface area contributed by atoms with Gasteiger partial charge in [-0.15, -0.1) is 10.2 Å². The fourth-order valence-corrected chi connectivity index (χ4v) is 4.68. The highest BCUT2D eigenvalue weighted by Crippen LogP contribution is 2.19. The summed E-state index contributed by atoms with van der Waals surface area (Å²) in [7, 11) is 1.77. The Morgan fingerprint density at radius 1 is 1.00 bits per heavy atom. The first-order chi connectivity index (χ1) is 17.8. The Morgan fingerprint density at radius 2 is 1.70 bits per heavy atom. The van der Waals surface area contributed by atoms with E-state index in [1.54, 1.807) is 30.8 Å². The molecule has 2 N–H and O–H groups in total. The van der Waals surface area contributed by atoms with Gasteiger partial charge in [0.2, 0.25) is 5.91 Å².